The second kappa shape index (κ2) is 3.52. The number of ether oxygens (including phenoxy) is 1. The molecule has 0 saturated carbocycles. The minimum absolute atomic E-state index is 0.0340. The predicted molar refractivity (Wildman–Crippen MR) is 52.3 cm³/mol. The number of hydrogen-bond acceptors (Lipinski definition) is 2. The van der Waals surface area contributed by atoms with E-state index in [0.717, 1.165) is 6.42 Å². The van der Waals surface area contributed by atoms with Gasteiger partial charge in [0.15, 0.2) is 0 Å². The lowest BCUT2D eigenvalue weighted by Crippen LogP contribution is -2.11. The first-order chi connectivity index (χ1) is 5.88. The maximum absolute atomic E-state index is 10.9. The Bertz CT molecular complexity index is 233. The monoisotopic (exact) mass is 182 g/mol. The van der Waals surface area contributed by atoms with Crippen LogP contribution in [0.15, 0.2) is 11.6 Å². The van der Waals surface area contributed by atoms with Crippen LogP contribution in [-0.4, -0.2) is 12.1 Å². The topological polar surface area (TPSA) is 26.3 Å². The van der Waals surface area contributed by atoms with Gasteiger partial charge in [0.25, 0.3) is 0 Å². The Labute approximate surface area is 80.0 Å². The van der Waals surface area contributed by atoms with E-state index in [-0.39, 0.29) is 17.5 Å². The van der Waals surface area contributed by atoms with Crippen molar-refractivity contribution in [2.45, 2.75) is 46.6 Å². The van der Waals surface area contributed by atoms with E-state index in [4.69, 9.17) is 4.74 Å². The number of carbonyl (C=O) groups is 1. The molecule has 0 aromatic carbocycles. The lowest BCUT2D eigenvalue weighted by atomic mass is 9.92. The Morgan fingerprint density at radius 2 is 2.15 bits per heavy atom. The molecule has 74 valence electrons. The number of hydrogen-bond donors (Lipinski definition) is 0. The van der Waals surface area contributed by atoms with Crippen LogP contribution in [-0.2, 0) is 9.53 Å². The highest BCUT2D eigenvalue weighted by Gasteiger charge is 2.25. The third-order valence-electron chi connectivity index (χ3n) is 2.05. The van der Waals surface area contributed by atoms with E-state index in [1.165, 1.54) is 5.57 Å². The Hall–Kier alpha value is -0.790. The summed E-state index contributed by atoms with van der Waals surface area (Å²) in [6.07, 6.45) is 3.62. The lowest BCUT2D eigenvalue weighted by Gasteiger charge is -2.17. The molecule has 0 amide bonds. The van der Waals surface area contributed by atoms with Crippen molar-refractivity contribution in [3.63, 3.8) is 0 Å². The van der Waals surface area contributed by atoms with Crippen molar-refractivity contribution in [1.29, 1.82) is 0 Å². The highest BCUT2D eigenvalue weighted by molar-refractivity contribution is 5.72. The summed E-state index contributed by atoms with van der Waals surface area (Å²) in [4.78, 5) is 10.9. The Morgan fingerprint density at radius 3 is 2.54 bits per heavy atom. The van der Waals surface area contributed by atoms with Crippen molar-refractivity contribution >= 4 is 5.97 Å². The summed E-state index contributed by atoms with van der Waals surface area (Å²) < 4.78 is 5.16. The minimum Gasteiger partial charge on any atom is -0.458 e. The highest BCUT2D eigenvalue weighted by Crippen LogP contribution is 2.25. The van der Waals surface area contributed by atoms with Gasteiger partial charge in [-0.05, 0) is 24.3 Å². The van der Waals surface area contributed by atoms with Crippen molar-refractivity contribution < 1.29 is 9.53 Å². The Kier molecular flexibility index (Phi) is 2.79. The molecule has 0 radical (unpaired) electrons. The van der Waals surface area contributed by atoms with Crippen LogP contribution in [0.4, 0.5) is 0 Å². The van der Waals surface area contributed by atoms with Gasteiger partial charge in [0.2, 0.25) is 0 Å². The normalized spacial score (nSPS) is 24.8. The van der Waals surface area contributed by atoms with Gasteiger partial charge >= 0.3 is 5.97 Å². The Balaban J connectivity index is 2.63. The van der Waals surface area contributed by atoms with E-state index < -0.39 is 0 Å². The summed E-state index contributed by atoms with van der Waals surface area (Å²) >= 11 is 0. The summed E-state index contributed by atoms with van der Waals surface area (Å²) in [6, 6.07) is 0. The van der Waals surface area contributed by atoms with Crippen molar-refractivity contribution in [2.75, 3.05) is 0 Å². The third-order valence-corrected chi connectivity index (χ3v) is 2.05. The molecule has 1 saturated heterocycles. The maximum atomic E-state index is 10.9. The molecule has 0 bridgehead atoms. The van der Waals surface area contributed by atoms with Gasteiger partial charge in [-0.25, -0.2) is 0 Å². The summed E-state index contributed by atoms with van der Waals surface area (Å²) in [5.41, 5.74) is 1.34. The molecule has 0 spiro atoms. The van der Waals surface area contributed by atoms with Crippen molar-refractivity contribution in [2.24, 2.45) is 5.41 Å². The van der Waals surface area contributed by atoms with Gasteiger partial charge in [-0.15, -0.1) is 0 Å². The molecule has 2 heteroatoms. The molecular weight excluding hydrogens is 164 g/mol. The van der Waals surface area contributed by atoms with Crippen molar-refractivity contribution in [1.82, 2.24) is 0 Å². The third kappa shape index (κ3) is 3.21. The molecule has 1 heterocycles. The van der Waals surface area contributed by atoms with Crippen LogP contribution in [0.2, 0.25) is 0 Å². The van der Waals surface area contributed by atoms with E-state index in [1.807, 2.05) is 6.92 Å². The molecule has 0 aromatic rings. The molecule has 0 aromatic heterocycles. The molecule has 1 atom stereocenters. The van der Waals surface area contributed by atoms with E-state index in [1.54, 1.807) is 0 Å². The van der Waals surface area contributed by atoms with Crippen LogP contribution in [0.25, 0.3) is 0 Å². The van der Waals surface area contributed by atoms with Gasteiger partial charge in [-0.3, -0.25) is 4.79 Å². The van der Waals surface area contributed by atoms with E-state index in [9.17, 15) is 4.79 Å². The molecule has 1 unspecified atom stereocenters. The molecule has 1 aliphatic rings. The molecule has 1 rings (SSSR count). The average Bonchev–Trinajstić information content (AvgIpc) is 2.31. The van der Waals surface area contributed by atoms with Crippen molar-refractivity contribution in [3.8, 4) is 0 Å². The lowest BCUT2D eigenvalue weighted by molar-refractivity contribution is -0.140. The van der Waals surface area contributed by atoms with Crippen LogP contribution in [0.5, 0.6) is 0 Å². The SMILES string of the molecule is C/C(=C\C(C)(C)C)C1CCC(=O)O1. The molecule has 1 aliphatic heterocycles. The first-order valence-corrected chi connectivity index (χ1v) is 4.77. The number of cyclic esters (lactones) is 1. The summed E-state index contributed by atoms with van der Waals surface area (Å²) in [5, 5.41) is 0. The zero-order valence-electron chi connectivity index (χ0n) is 8.89. The van der Waals surface area contributed by atoms with Gasteiger partial charge in [0, 0.05) is 6.42 Å². The van der Waals surface area contributed by atoms with Crippen LogP contribution in [0, 0.1) is 5.41 Å². The van der Waals surface area contributed by atoms with Crippen LogP contribution in [0.1, 0.15) is 40.5 Å². The average molecular weight is 182 g/mol. The summed E-state index contributed by atoms with van der Waals surface area (Å²) in [7, 11) is 0. The van der Waals surface area contributed by atoms with E-state index in [0.29, 0.717) is 6.42 Å². The molecule has 13 heavy (non-hydrogen) atoms. The van der Waals surface area contributed by atoms with Crippen LogP contribution >= 0.6 is 0 Å². The van der Waals surface area contributed by atoms with Crippen LogP contribution in [0.3, 0.4) is 0 Å². The van der Waals surface area contributed by atoms with Crippen LogP contribution < -0.4 is 0 Å². The molecule has 0 aliphatic carbocycles. The van der Waals surface area contributed by atoms with Gasteiger partial charge in [0.1, 0.15) is 6.10 Å². The largest absolute Gasteiger partial charge is 0.458 e. The first kappa shape index (κ1) is 10.3. The molecule has 1 fully saturated rings. The Morgan fingerprint density at radius 1 is 1.54 bits per heavy atom. The zero-order chi connectivity index (χ0) is 10.1. The van der Waals surface area contributed by atoms with Crippen molar-refractivity contribution in [3.05, 3.63) is 11.6 Å². The molecule has 2 nitrogen and oxygen atoms in total. The fraction of sp³-hybridized carbons (Fsp3) is 0.727. The highest BCUT2D eigenvalue weighted by atomic mass is 16.5. The number of allylic oxidation sites excluding steroid dienone is 1. The van der Waals surface area contributed by atoms with Gasteiger partial charge in [-0.1, -0.05) is 26.8 Å². The number of esters is 1. The van der Waals surface area contributed by atoms with E-state index in [2.05, 4.69) is 26.8 Å². The quantitative estimate of drug-likeness (QED) is 0.460. The minimum atomic E-state index is -0.0633. The molecular formula is C11H18O2. The first-order valence-electron chi connectivity index (χ1n) is 4.77. The standard InChI is InChI=1S/C11H18O2/c1-8(7-11(2,3)4)9-5-6-10(12)13-9/h7,9H,5-6H2,1-4H3/b8-7+. The smallest absolute Gasteiger partial charge is 0.306 e. The summed E-state index contributed by atoms with van der Waals surface area (Å²) in [5.74, 6) is -0.0633. The van der Waals surface area contributed by atoms with E-state index >= 15 is 0 Å². The second-order valence-electron chi connectivity index (χ2n) is 4.77. The van der Waals surface area contributed by atoms with Gasteiger partial charge in [0.05, 0.1) is 0 Å². The van der Waals surface area contributed by atoms with Gasteiger partial charge < -0.3 is 4.74 Å². The summed E-state index contributed by atoms with van der Waals surface area (Å²) in [6.45, 7) is 8.47. The second-order valence-corrected chi connectivity index (χ2v) is 4.77. The predicted octanol–water partition coefficient (Wildman–Crippen LogP) is 2.68. The number of carbonyl (C=O) groups excluding carboxylic acids is 1. The number of rotatable bonds is 1. The van der Waals surface area contributed by atoms with Gasteiger partial charge in [-0.2, -0.15) is 0 Å². The zero-order valence-corrected chi connectivity index (χ0v) is 8.89. The fourth-order valence-corrected chi connectivity index (χ4v) is 1.62. The molecule has 0 N–H and O–H groups in total. The fourth-order valence-electron chi connectivity index (χ4n) is 1.62. The maximum Gasteiger partial charge on any atom is 0.306 e.